The summed E-state index contributed by atoms with van der Waals surface area (Å²) in [5.41, 5.74) is 0.920. The normalized spacial score (nSPS) is 12.4. The zero-order valence-electron chi connectivity index (χ0n) is 7.30. The number of rotatable bonds is 4. The molecule has 1 atom stereocenters. The fraction of sp³-hybridized carbons (Fsp3) is 0.333. The average Bonchev–Trinajstić information content (AvgIpc) is 2.15. The summed E-state index contributed by atoms with van der Waals surface area (Å²) in [4.78, 5) is 14.2. The van der Waals surface area contributed by atoms with Crippen molar-refractivity contribution in [3.63, 3.8) is 0 Å². The second-order valence-electron chi connectivity index (χ2n) is 2.65. The SMILES string of the molecule is C[C@H](OCc1ccncc1)C(=O)O. The summed E-state index contributed by atoms with van der Waals surface area (Å²) < 4.78 is 5.06. The van der Waals surface area contributed by atoms with Crippen LogP contribution in [0.4, 0.5) is 0 Å². The Labute approximate surface area is 76.2 Å². The predicted molar refractivity (Wildman–Crippen MR) is 46.1 cm³/mol. The molecule has 1 heterocycles. The number of carboxylic acids is 1. The average molecular weight is 181 g/mol. The maximum Gasteiger partial charge on any atom is 0.332 e. The Morgan fingerprint density at radius 2 is 2.23 bits per heavy atom. The van der Waals surface area contributed by atoms with E-state index in [4.69, 9.17) is 9.84 Å². The van der Waals surface area contributed by atoms with E-state index in [1.807, 2.05) is 0 Å². The molecule has 0 amide bonds. The van der Waals surface area contributed by atoms with Gasteiger partial charge in [-0.05, 0) is 24.6 Å². The highest BCUT2D eigenvalue weighted by Gasteiger charge is 2.10. The Morgan fingerprint density at radius 3 is 2.77 bits per heavy atom. The standard InChI is InChI=1S/C9H11NO3/c1-7(9(11)12)13-6-8-2-4-10-5-3-8/h2-5,7H,6H2,1H3,(H,11,12)/t7-/m0/s1. The molecule has 0 saturated carbocycles. The zero-order chi connectivity index (χ0) is 9.68. The number of hydrogen-bond acceptors (Lipinski definition) is 3. The first-order valence-corrected chi connectivity index (χ1v) is 3.93. The van der Waals surface area contributed by atoms with Crippen molar-refractivity contribution in [3.05, 3.63) is 30.1 Å². The molecular weight excluding hydrogens is 170 g/mol. The number of aliphatic carboxylic acids is 1. The third-order valence-electron chi connectivity index (χ3n) is 1.60. The van der Waals surface area contributed by atoms with Gasteiger partial charge in [0.25, 0.3) is 0 Å². The second-order valence-corrected chi connectivity index (χ2v) is 2.65. The molecule has 0 aliphatic heterocycles. The summed E-state index contributed by atoms with van der Waals surface area (Å²) in [6, 6.07) is 3.57. The van der Waals surface area contributed by atoms with E-state index in [1.54, 1.807) is 24.5 Å². The van der Waals surface area contributed by atoms with Crippen LogP contribution < -0.4 is 0 Å². The quantitative estimate of drug-likeness (QED) is 0.754. The van der Waals surface area contributed by atoms with Crippen LogP contribution in [0.25, 0.3) is 0 Å². The number of nitrogens with zero attached hydrogens (tertiary/aromatic N) is 1. The van der Waals surface area contributed by atoms with E-state index in [9.17, 15) is 4.79 Å². The van der Waals surface area contributed by atoms with Gasteiger partial charge in [0.2, 0.25) is 0 Å². The summed E-state index contributed by atoms with van der Waals surface area (Å²) in [7, 11) is 0. The molecule has 1 aromatic rings. The van der Waals surface area contributed by atoms with Crippen LogP contribution in [0.15, 0.2) is 24.5 Å². The lowest BCUT2D eigenvalue weighted by Gasteiger charge is -2.07. The van der Waals surface area contributed by atoms with E-state index in [-0.39, 0.29) is 0 Å². The molecule has 0 bridgehead atoms. The Bertz CT molecular complexity index is 273. The summed E-state index contributed by atoms with van der Waals surface area (Å²) >= 11 is 0. The first kappa shape index (κ1) is 9.67. The van der Waals surface area contributed by atoms with Gasteiger partial charge in [-0.2, -0.15) is 0 Å². The van der Waals surface area contributed by atoms with Gasteiger partial charge in [-0.15, -0.1) is 0 Å². The molecule has 70 valence electrons. The molecule has 13 heavy (non-hydrogen) atoms. The number of aromatic nitrogens is 1. The maximum atomic E-state index is 10.4. The van der Waals surface area contributed by atoms with Crippen molar-refractivity contribution in [2.45, 2.75) is 19.6 Å². The summed E-state index contributed by atoms with van der Waals surface area (Å²) in [6.07, 6.45) is 2.52. The Hall–Kier alpha value is -1.42. The first-order chi connectivity index (χ1) is 6.20. The number of carboxylic acid groups (broad SMARTS) is 1. The van der Waals surface area contributed by atoms with E-state index in [2.05, 4.69) is 4.98 Å². The van der Waals surface area contributed by atoms with Crippen molar-refractivity contribution >= 4 is 5.97 Å². The van der Waals surface area contributed by atoms with Crippen LogP contribution in [-0.2, 0) is 16.1 Å². The number of pyridine rings is 1. The zero-order valence-corrected chi connectivity index (χ0v) is 7.30. The van der Waals surface area contributed by atoms with Gasteiger partial charge in [-0.3, -0.25) is 4.98 Å². The van der Waals surface area contributed by atoms with E-state index in [0.29, 0.717) is 6.61 Å². The first-order valence-electron chi connectivity index (χ1n) is 3.93. The fourth-order valence-corrected chi connectivity index (χ4v) is 0.772. The maximum absolute atomic E-state index is 10.4. The molecule has 1 N–H and O–H groups in total. The molecular formula is C9H11NO3. The Balaban J connectivity index is 2.39. The van der Waals surface area contributed by atoms with Crippen LogP contribution in [0.2, 0.25) is 0 Å². The van der Waals surface area contributed by atoms with Gasteiger partial charge < -0.3 is 9.84 Å². The fourth-order valence-electron chi connectivity index (χ4n) is 0.772. The molecule has 0 radical (unpaired) electrons. The molecule has 4 nitrogen and oxygen atoms in total. The van der Waals surface area contributed by atoms with Gasteiger partial charge in [0.1, 0.15) is 0 Å². The van der Waals surface area contributed by atoms with Crippen LogP contribution in [0.3, 0.4) is 0 Å². The summed E-state index contributed by atoms with van der Waals surface area (Å²) in [6.45, 7) is 1.81. The van der Waals surface area contributed by atoms with E-state index >= 15 is 0 Å². The van der Waals surface area contributed by atoms with Crippen molar-refractivity contribution in [2.24, 2.45) is 0 Å². The van der Waals surface area contributed by atoms with Gasteiger partial charge in [-0.1, -0.05) is 0 Å². The molecule has 1 aromatic heterocycles. The molecule has 0 aromatic carbocycles. The minimum absolute atomic E-state index is 0.302. The summed E-state index contributed by atoms with van der Waals surface area (Å²) in [5, 5.41) is 8.52. The topological polar surface area (TPSA) is 59.4 Å². The smallest absolute Gasteiger partial charge is 0.332 e. The molecule has 0 aliphatic carbocycles. The van der Waals surface area contributed by atoms with Crippen molar-refractivity contribution < 1.29 is 14.6 Å². The molecule has 0 unspecified atom stereocenters. The van der Waals surface area contributed by atoms with Crippen LogP contribution in [0.1, 0.15) is 12.5 Å². The number of carbonyl (C=O) groups is 1. The van der Waals surface area contributed by atoms with Crippen molar-refractivity contribution in [2.75, 3.05) is 0 Å². The largest absolute Gasteiger partial charge is 0.479 e. The third-order valence-corrected chi connectivity index (χ3v) is 1.60. The highest BCUT2D eigenvalue weighted by molar-refractivity contribution is 5.71. The van der Waals surface area contributed by atoms with Gasteiger partial charge in [0, 0.05) is 12.4 Å². The highest BCUT2D eigenvalue weighted by Crippen LogP contribution is 2.01. The van der Waals surface area contributed by atoms with Crippen molar-refractivity contribution in [1.82, 2.24) is 4.98 Å². The molecule has 0 spiro atoms. The predicted octanol–water partition coefficient (Wildman–Crippen LogP) is 1.07. The summed E-state index contributed by atoms with van der Waals surface area (Å²) in [5.74, 6) is -0.950. The lowest BCUT2D eigenvalue weighted by Crippen LogP contribution is -2.19. The molecule has 4 heteroatoms. The highest BCUT2D eigenvalue weighted by atomic mass is 16.5. The second kappa shape index (κ2) is 4.57. The molecule has 0 saturated heterocycles. The third kappa shape index (κ3) is 3.21. The van der Waals surface area contributed by atoms with E-state index in [1.165, 1.54) is 6.92 Å². The Morgan fingerprint density at radius 1 is 1.62 bits per heavy atom. The monoisotopic (exact) mass is 181 g/mol. The number of hydrogen-bond donors (Lipinski definition) is 1. The minimum atomic E-state index is -0.950. The van der Waals surface area contributed by atoms with Gasteiger partial charge in [0.05, 0.1) is 6.61 Å². The van der Waals surface area contributed by atoms with Gasteiger partial charge in [0.15, 0.2) is 6.10 Å². The van der Waals surface area contributed by atoms with E-state index in [0.717, 1.165) is 5.56 Å². The molecule has 0 fully saturated rings. The van der Waals surface area contributed by atoms with Gasteiger partial charge in [-0.25, -0.2) is 4.79 Å². The van der Waals surface area contributed by atoms with E-state index < -0.39 is 12.1 Å². The molecule has 0 aliphatic rings. The van der Waals surface area contributed by atoms with Gasteiger partial charge >= 0.3 is 5.97 Å². The molecule has 1 rings (SSSR count). The van der Waals surface area contributed by atoms with Crippen LogP contribution in [0.5, 0.6) is 0 Å². The number of ether oxygens (including phenoxy) is 1. The van der Waals surface area contributed by atoms with Crippen LogP contribution >= 0.6 is 0 Å². The van der Waals surface area contributed by atoms with Crippen molar-refractivity contribution in [1.29, 1.82) is 0 Å². The lowest BCUT2D eigenvalue weighted by molar-refractivity contribution is -0.149. The Kier molecular flexibility index (Phi) is 3.40. The van der Waals surface area contributed by atoms with Crippen LogP contribution in [0, 0.1) is 0 Å². The minimum Gasteiger partial charge on any atom is -0.479 e. The lowest BCUT2D eigenvalue weighted by atomic mass is 10.3. The van der Waals surface area contributed by atoms with Crippen LogP contribution in [-0.4, -0.2) is 22.2 Å². The van der Waals surface area contributed by atoms with Crippen molar-refractivity contribution in [3.8, 4) is 0 Å².